The molecule has 15 heavy (non-hydrogen) atoms. The van der Waals surface area contributed by atoms with Crippen molar-refractivity contribution in [2.75, 3.05) is 5.32 Å². The molecule has 0 bridgehead atoms. The lowest BCUT2D eigenvalue weighted by molar-refractivity contribution is 0.666. The van der Waals surface area contributed by atoms with Crippen LogP contribution in [-0.2, 0) is 0 Å². The summed E-state index contributed by atoms with van der Waals surface area (Å²) < 4.78 is 0. The van der Waals surface area contributed by atoms with Crippen molar-refractivity contribution in [3.8, 4) is 0 Å². The van der Waals surface area contributed by atoms with E-state index in [1.54, 1.807) is 0 Å². The quantitative estimate of drug-likeness (QED) is 0.768. The fraction of sp³-hybridized carbons (Fsp3) is 0.417. The van der Waals surface area contributed by atoms with Gasteiger partial charge in [0, 0.05) is 5.69 Å². The first-order valence-corrected chi connectivity index (χ1v) is 5.71. The summed E-state index contributed by atoms with van der Waals surface area (Å²) in [6.45, 7) is 4.42. The Kier molecular flexibility index (Phi) is 4.56. The van der Waals surface area contributed by atoms with Gasteiger partial charge in [0.05, 0.1) is 0 Å². The second-order valence-corrected chi connectivity index (χ2v) is 4.21. The Hall–Kier alpha value is -1.09. The molecular formula is C12H18N2S. The van der Waals surface area contributed by atoms with Crippen LogP contribution in [0.2, 0.25) is 0 Å². The lowest BCUT2D eigenvalue weighted by Crippen LogP contribution is -2.20. The van der Waals surface area contributed by atoms with Gasteiger partial charge in [-0.05, 0) is 36.2 Å². The molecule has 0 saturated carbocycles. The van der Waals surface area contributed by atoms with Crippen LogP contribution in [0, 0.1) is 0 Å². The number of hydrogen-bond acceptors (Lipinski definition) is 1. The Bertz CT molecular complexity index is 336. The van der Waals surface area contributed by atoms with Crippen LogP contribution < -0.4 is 11.1 Å². The van der Waals surface area contributed by atoms with Gasteiger partial charge in [-0.15, -0.1) is 0 Å². The van der Waals surface area contributed by atoms with E-state index in [0.717, 1.165) is 5.69 Å². The van der Waals surface area contributed by atoms with Crippen LogP contribution in [0.15, 0.2) is 24.3 Å². The van der Waals surface area contributed by atoms with Crippen molar-refractivity contribution in [1.29, 1.82) is 0 Å². The molecule has 0 radical (unpaired) electrons. The summed E-state index contributed by atoms with van der Waals surface area (Å²) in [5.74, 6) is 0.535. The number of rotatable bonds is 4. The normalized spacial score (nSPS) is 12.1. The Labute approximate surface area is 96.9 Å². The minimum absolute atomic E-state index is 0.325. The summed E-state index contributed by atoms with van der Waals surface area (Å²) in [6.07, 6.45) is 2.36. The summed E-state index contributed by atoms with van der Waals surface area (Å²) in [4.78, 5) is 0. The molecule has 3 N–H and O–H groups in total. The lowest BCUT2D eigenvalue weighted by atomic mass is 9.95. The molecule has 0 saturated heterocycles. The van der Waals surface area contributed by atoms with E-state index in [2.05, 4.69) is 25.2 Å². The van der Waals surface area contributed by atoms with Gasteiger partial charge in [-0.3, -0.25) is 0 Å². The molecule has 1 aromatic rings. The van der Waals surface area contributed by atoms with Crippen molar-refractivity contribution < 1.29 is 0 Å². The molecule has 0 aliphatic carbocycles. The molecule has 0 aliphatic heterocycles. The molecule has 0 heterocycles. The Balaban J connectivity index is 2.89. The first kappa shape index (κ1) is 12.0. The number of anilines is 1. The molecule has 1 aromatic carbocycles. The SMILES string of the molecule is CCCC(C)c1ccccc1NC(N)=S. The largest absolute Gasteiger partial charge is 0.376 e. The van der Waals surface area contributed by atoms with Crippen molar-refractivity contribution in [1.82, 2.24) is 0 Å². The van der Waals surface area contributed by atoms with Gasteiger partial charge in [0.2, 0.25) is 0 Å². The standard InChI is InChI=1S/C12H18N2S/c1-3-6-9(2)10-7-4-5-8-11(10)14-12(13)15/h4-5,7-9H,3,6H2,1-2H3,(H3,13,14,15). The Morgan fingerprint density at radius 3 is 2.73 bits per heavy atom. The number of nitrogens with one attached hydrogen (secondary N) is 1. The maximum absolute atomic E-state index is 5.49. The van der Waals surface area contributed by atoms with Crippen LogP contribution in [0.3, 0.4) is 0 Å². The highest BCUT2D eigenvalue weighted by Gasteiger charge is 2.09. The van der Waals surface area contributed by atoms with Crippen LogP contribution in [0.4, 0.5) is 5.69 Å². The second-order valence-electron chi connectivity index (χ2n) is 3.77. The highest BCUT2D eigenvalue weighted by molar-refractivity contribution is 7.80. The van der Waals surface area contributed by atoms with Crippen LogP contribution >= 0.6 is 12.2 Å². The average molecular weight is 222 g/mol. The van der Waals surface area contributed by atoms with E-state index in [9.17, 15) is 0 Å². The topological polar surface area (TPSA) is 38.0 Å². The van der Waals surface area contributed by atoms with Gasteiger partial charge in [-0.1, -0.05) is 38.5 Å². The van der Waals surface area contributed by atoms with Crippen LogP contribution in [-0.4, -0.2) is 5.11 Å². The minimum Gasteiger partial charge on any atom is -0.376 e. The van der Waals surface area contributed by atoms with E-state index in [4.69, 9.17) is 18.0 Å². The summed E-state index contributed by atoms with van der Waals surface area (Å²) in [5, 5.41) is 3.35. The zero-order valence-corrected chi connectivity index (χ0v) is 10.1. The van der Waals surface area contributed by atoms with Crippen LogP contribution in [0.1, 0.15) is 38.2 Å². The van der Waals surface area contributed by atoms with E-state index in [0.29, 0.717) is 11.0 Å². The molecule has 1 rings (SSSR count). The van der Waals surface area contributed by atoms with Gasteiger partial charge in [0.15, 0.2) is 5.11 Å². The van der Waals surface area contributed by atoms with Gasteiger partial charge in [-0.2, -0.15) is 0 Å². The number of nitrogens with two attached hydrogens (primary N) is 1. The zero-order valence-electron chi connectivity index (χ0n) is 9.29. The van der Waals surface area contributed by atoms with E-state index < -0.39 is 0 Å². The van der Waals surface area contributed by atoms with E-state index in [-0.39, 0.29) is 0 Å². The van der Waals surface area contributed by atoms with Crippen molar-refractivity contribution >= 4 is 23.0 Å². The van der Waals surface area contributed by atoms with Gasteiger partial charge < -0.3 is 11.1 Å². The predicted octanol–water partition coefficient (Wildman–Crippen LogP) is 3.25. The van der Waals surface area contributed by atoms with Crippen molar-refractivity contribution in [2.45, 2.75) is 32.6 Å². The third-order valence-corrected chi connectivity index (χ3v) is 2.57. The highest BCUT2D eigenvalue weighted by Crippen LogP contribution is 2.27. The van der Waals surface area contributed by atoms with E-state index in [1.807, 2.05) is 18.2 Å². The zero-order chi connectivity index (χ0) is 11.3. The van der Waals surface area contributed by atoms with Crippen molar-refractivity contribution in [3.05, 3.63) is 29.8 Å². The van der Waals surface area contributed by atoms with Gasteiger partial charge in [-0.25, -0.2) is 0 Å². The number of hydrogen-bond donors (Lipinski definition) is 2. The molecule has 3 heteroatoms. The van der Waals surface area contributed by atoms with Gasteiger partial charge in [0.25, 0.3) is 0 Å². The smallest absolute Gasteiger partial charge is 0.168 e. The molecular weight excluding hydrogens is 204 g/mol. The molecule has 82 valence electrons. The summed E-state index contributed by atoms with van der Waals surface area (Å²) in [7, 11) is 0. The first-order valence-electron chi connectivity index (χ1n) is 5.30. The molecule has 0 amide bonds. The number of thiocarbonyl (C=S) groups is 1. The van der Waals surface area contributed by atoms with Crippen molar-refractivity contribution in [3.63, 3.8) is 0 Å². The summed E-state index contributed by atoms with van der Waals surface area (Å²) >= 11 is 4.86. The van der Waals surface area contributed by atoms with E-state index in [1.165, 1.54) is 18.4 Å². The molecule has 2 nitrogen and oxygen atoms in total. The fourth-order valence-electron chi connectivity index (χ4n) is 1.76. The Morgan fingerprint density at radius 2 is 2.13 bits per heavy atom. The first-order chi connectivity index (χ1) is 7.15. The summed E-state index contributed by atoms with van der Waals surface area (Å²) in [6, 6.07) is 8.18. The molecule has 0 aromatic heterocycles. The van der Waals surface area contributed by atoms with Crippen molar-refractivity contribution in [2.24, 2.45) is 5.73 Å². The maximum Gasteiger partial charge on any atom is 0.168 e. The molecule has 0 fully saturated rings. The lowest BCUT2D eigenvalue weighted by Gasteiger charge is -2.16. The number of benzene rings is 1. The third kappa shape index (κ3) is 3.51. The maximum atomic E-state index is 5.49. The van der Waals surface area contributed by atoms with Gasteiger partial charge in [0.1, 0.15) is 0 Å². The monoisotopic (exact) mass is 222 g/mol. The number of para-hydroxylation sites is 1. The van der Waals surface area contributed by atoms with Crippen LogP contribution in [0.5, 0.6) is 0 Å². The minimum atomic E-state index is 0.325. The Morgan fingerprint density at radius 1 is 1.47 bits per heavy atom. The predicted molar refractivity (Wildman–Crippen MR) is 70.2 cm³/mol. The molecule has 0 spiro atoms. The molecule has 1 atom stereocenters. The summed E-state index contributed by atoms with van der Waals surface area (Å²) in [5.41, 5.74) is 7.81. The van der Waals surface area contributed by atoms with E-state index >= 15 is 0 Å². The molecule has 0 aliphatic rings. The van der Waals surface area contributed by atoms with Gasteiger partial charge >= 0.3 is 0 Å². The van der Waals surface area contributed by atoms with Crippen LogP contribution in [0.25, 0.3) is 0 Å². The highest BCUT2D eigenvalue weighted by atomic mass is 32.1. The molecule has 1 unspecified atom stereocenters. The second kappa shape index (κ2) is 5.71. The average Bonchev–Trinajstić information content (AvgIpc) is 2.18. The third-order valence-electron chi connectivity index (χ3n) is 2.47. The fourth-order valence-corrected chi connectivity index (χ4v) is 1.87.